The molecule has 0 amide bonds. The zero-order valence-corrected chi connectivity index (χ0v) is 10.3. The van der Waals surface area contributed by atoms with Gasteiger partial charge in [-0.1, -0.05) is 27.2 Å². The summed E-state index contributed by atoms with van der Waals surface area (Å²) in [6.07, 6.45) is 3.41. The molecular formula is C13H21FN2. The van der Waals surface area contributed by atoms with Crippen LogP contribution < -0.4 is 5.32 Å². The quantitative estimate of drug-likeness (QED) is 0.802. The van der Waals surface area contributed by atoms with Gasteiger partial charge in [-0.15, -0.1) is 0 Å². The smallest absolute Gasteiger partial charge is 0.141 e. The molecule has 0 aliphatic rings. The van der Waals surface area contributed by atoms with Gasteiger partial charge in [0, 0.05) is 6.04 Å². The van der Waals surface area contributed by atoms with Crippen molar-refractivity contribution in [1.82, 2.24) is 10.3 Å². The Morgan fingerprint density at radius 3 is 2.56 bits per heavy atom. The molecule has 2 nitrogen and oxygen atoms in total. The second-order valence-corrected chi connectivity index (χ2v) is 4.28. The van der Waals surface area contributed by atoms with E-state index in [9.17, 15) is 4.39 Å². The second kappa shape index (κ2) is 6.59. The maximum Gasteiger partial charge on any atom is 0.141 e. The molecule has 3 heteroatoms. The molecule has 1 rings (SSSR count). The van der Waals surface area contributed by atoms with E-state index in [1.807, 2.05) is 0 Å². The first-order valence-corrected chi connectivity index (χ1v) is 6.02. The third kappa shape index (κ3) is 3.89. The number of rotatable bonds is 6. The van der Waals surface area contributed by atoms with Gasteiger partial charge in [0.2, 0.25) is 0 Å². The Labute approximate surface area is 97.3 Å². The van der Waals surface area contributed by atoms with Crippen LogP contribution in [0.2, 0.25) is 0 Å². The van der Waals surface area contributed by atoms with Crippen LogP contribution in [0.25, 0.3) is 0 Å². The van der Waals surface area contributed by atoms with Crippen LogP contribution in [0.4, 0.5) is 4.39 Å². The van der Waals surface area contributed by atoms with Crippen LogP contribution in [0.15, 0.2) is 18.3 Å². The van der Waals surface area contributed by atoms with Gasteiger partial charge < -0.3 is 5.32 Å². The molecule has 1 aromatic heterocycles. The van der Waals surface area contributed by atoms with Crippen molar-refractivity contribution < 1.29 is 4.39 Å². The number of hydrogen-bond donors (Lipinski definition) is 1. The van der Waals surface area contributed by atoms with Gasteiger partial charge in [0.05, 0.1) is 11.9 Å². The standard InChI is InChI=1S/C13H21FN2/c1-4-10(3)8-15-12(5-2)13-7-6-11(14)9-16-13/h6-7,9-10,12,15H,4-5,8H2,1-3H3. The molecule has 1 aromatic rings. The van der Waals surface area contributed by atoms with Crippen molar-refractivity contribution in [3.63, 3.8) is 0 Å². The topological polar surface area (TPSA) is 24.9 Å². The lowest BCUT2D eigenvalue weighted by molar-refractivity contribution is 0.431. The van der Waals surface area contributed by atoms with Crippen molar-refractivity contribution in [3.05, 3.63) is 29.8 Å². The Morgan fingerprint density at radius 2 is 2.06 bits per heavy atom. The average molecular weight is 224 g/mol. The van der Waals surface area contributed by atoms with E-state index in [2.05, 4.69) is 31.1 Å². The Bertz CT molecular complexity index is 297. The zero-order chi connectivity index (χ0) is 12.0. The van der Waals surface area contributed by atoms with Gasteiger partial charge in [0.25, 0.3) is 0 Å². The Hall–Kier alpha value is -0.960. The molecule has 16 heavy (non-hydrogen) atoms. The highest BCUT2D eigenvalue weighted by atomic mass is 19.1. The number of aromatic nitrogens is 1. The van der Waals surface area contributed by atoms with Gasteiger partial charge in [-0.3, -0.25) is 4.98 Å². The Morgan fingerprint density at radius 1 is 1.31 bits per heavy atom. The van der Waals surface area contributed by atoms with Crippen molar-refractivity contribution in [3.8, 4) is 0 Å². The van der Waals surface area contributed by atoms with E-state index in [0.717, 1.165) is 18.7 Å². The van der Waals surface area contributed by atoms with Gasteiger partial charge in [-0.05, 0) is 31.0 Å². The SMILES string of the molecule is CCC(C)CNC(CC)c1ccc(F)cn1. The number of halogens is 1. The molecule has 2 unspecified atom stereocenters. The molecule has 0 bridgehead atoms. The lowest BCUT2D eigenvalue weighted by atomic mass is 10.1. The van der Waals surface area contributed by atoms with Gasteiger partial charge in [0.1, 0.15) is 5.82 Å². The minimum Gasteiger partial charge on any atom is -0.308 e. The number of nitrogens with one attached hydrogen (secondary N) is 1. The van der Waals surface area contributed by atoms with Crippen molar-refractivity contribution in [1.29, 1.82) is 0 Å². The normalized spacial score (nSPS) is 14.8. The molecule has 0 aliphatic heterocycles. The van der Waals surface area contributed by atoms with Crippen molar-refractivity contribution >= 4 is 0 Å². The minimum absolute atomic E-state index is 0.231. The summed E-state index contributed by atoms with van der Waals surface area (Å²) >= 11 is 0. The molecular weight excluding hydrogens is 203 g/mol. The first-order valence-electron chi connectivity index (χ1n) is 6.02. The van der Waals surface area contributed by atoms with Crippen molar-refractivity contribution in [2.24, 2.45) is 5.92 Å². The fraction of sp³-hybridized carbons (Fsp3) is 0.615. The molecule has 0 radical (unpaired) electrons. The highest BCUT2D eigenvalue weighted by Crippen LogP contribution is 2.14. The predicted molar refractivity (Wildman–Crippen MR) is 64.7 cm³/mol. The van der Waals surface area contributed by atoms with Crippen LogP contribution in [-0.4, -0.2) is 11.5 Å². The molecule has 0 saturated heterocycles. The molecule has 90 valence electrons. The van der Waals surface area contributed by atoms with Gasteiger partial charge in [-0.2, -0.15) is 0 Å². The number of nitrogens with zero attached hydrogens (tertiary/aromatic N) is 1. The van der Waals surface area contributed by atoms with Gasteiger partial charge >= 0.3 is 0 Å². The molecule has 0 saturated carbocycles. The predicted octanol–water partition coefficient (Wildman–Crippen LogP) is 3.31. The summed E-state index contributed by atoms with van der Waals surface area (Å²) < 4.78 is 12.7. The van der Waals surface area contributed by atoms with Gasteiger partial charge in [-0.25, -0.2) is 4.39 Å². The highest BCUT2D eigenvalue weighted by molar-refractivity contribution is 5.09. The second-order valence-electron chi connectivity index (χ2n) is 4.28. The van der Waals surface area contributed by atoms with Crippen LogP contribution in [0.5, 0.6) is 0 Å². The summed E-state index contributed by atoms with van der Waals surface area (Å²) in [6.45, 7) is 7.49. The maximum absolute atomic E-state index is 12.7. The summed E-state index contributed by atoms with van der Waals surface area (Å²) in [6, 6.07) is 3.46. The van der Waals surface area contributed by atoms with E-state index in [1.165, 1.54) is 18.7 Å². The third-order valence-corrected chi connectivity index (χ3v) is 2.93. The van der Waals surface area contributed by atoms with Crippen LogP contribution in [0.3, 0.4) is 0 Å². The lowest BCUT2D eigenvalue weighted by Gasteiger charge is -2.18. The first kappa shape index (κ1) is 13.1. The number of hydrogen-bond acceptors (Lipinski definition) is 2. The molecule has 1 N–H and O–H groups in total. The summed E-state index contributed by atoms with van der Waals surface area (Å²) in [4.78, 5) is 4.12. The summed E-state index contributed by atoms with van der Waals surface area (Å²) in [5.74, 6) is 0.384. The van der Waals surface area contributed by atoms with Crippen LogP contribution in [0.1, 0.15) is 45.3 Å². The fourth-order valence-electron chi connectivity index (χ4n) is 1.54. The molecule has 1 heterocycles. The summed E-state index contributed by atoms with van der Waals surface area (Å²) in [5, 5.41) is 3.47. The van der Waals surface area contributed by atoms with E-state index in [-0.39, 0.29) is 11.9 Å². The Kier molecular flexibility index (Phi) is 5.39. The lowest BCUT2D eigenvalue weighted by Crippen LogP contribution is -2.26. The largest absolute Gasteiger partial charge is 0.308 e. The van der Waals surface area contributed by atoms with E-state index < -0.39 is 0 Å². The summed E-state index contributed by atoms with van der Waals surface area (Å²) in [7, 11) is 0. The molecule has 0 aliphatic carbocycles. The van der Waals surface area contributed by atoms with E-state index in [1.54, 1.807) is 6.07 Å². The Balaban J connectivity index is 2.57. The maximum atomic E-state index is 12.7. The number of pyridine rings is 1. The van der Waals surface area contributed by atoms with E-state index in [4.69, 9.17) is 0 Å². The molecule has 0 aromatic carbocycles. The minimum atomic E-state index is -0.277. The van der Waals surface area contributed by atoms with Crippen molar-refractivity contribution in [2.45, 2.75) is 39.7 Å². The van der Waals surface area contributed by atoms with Crippen LogP contribution in [0, 0.1) is 11.7 Å². The van der Waals surface area contributed by atoms with Crippen LogP contribution in [-0.2, 0) is 0 Å². The van der Waals surface area contributed by atoms with Gasteiger partial charge in [0.15, 0.2) is 0 Å². The zero-order valence-electron chi connectivity index (χ0n) is 10.3. The van der Waals surface area contributed by atoms with E-state index >= 15 is 0 Å². The monoisotopic (exact) mass is 224 g/mol. The highest BCUT2D eigenvalue weighted by Gasteiger charge is 2.11. The molecule has 0 fully saturated rings. The van der Waals surface area contributed by atoms with Crippen LogP contribution >= 0.6 is 0 Å². The third-order valence-electron chi connectivity index (χ3n) is 2.93. The van der Waals surface area contributed by atoms with Crippen molar-refractivity contribution in [2.75, 3.05) is 6.54 Å². The average Bonchev–Trinajstić information content (AvgIpc) is 2.31. The summed E-state index contributed by atoms with van der Waals surface area (Å²) in [5.41, 5.74) is 0.923. The fourth-order valence-corrected chi connectivity index (χ4v) is 1.54. The molecule has 0 spiro atoms. The first-order chi connectivity index (χ1) is 7.67. The van der Waals surface area contributed by atoms with E-state index in [0.29, 0.717) is 5.92 Å². The molecule has 2 atom stereocenters.